The van der Waals surface area contributed by atoms with E-state index < -0.39 is 6.04 Å². The standard InChI is InChI=1S/C9H18N2O2/c1-6(10-7(2)12)8(13)11-9(3,4)5/h6H,1-5H3,(H,10,12)(H,11,13). The molecule has 1 unspecified atom stereocenters. The van der Waals surface area contributed by atoms with E-state index in [2.05, 4.69) is 10.6 Å². The highest BCUT2D eigenvalue weighted by Gasteiger charge is 2.19. The molecule has 0 aromatic rings. The first-order chi connectivity index (χ1) is 5.72. The molecule has 0 aliphatic carbocycles. The molecule has 1 atom stereocenters. The van der Waals surface area contributed by atoms with Gasteiger partial charge in [-0.3, -0.25) is 9.59 Å². The Bertz CT molecular complexity index is 206. The molecular weight excluding hydrogens is 168 g/mol. The number of carbonyl (C=O) groups excluding carboxylic acids is 2. The highest BCUT2D eigenvalue weighted by atomic mass is 16.2. The monoisotopic (exact) mass is 186 g/mol. The molecule has 0 aliphatic heterocycles. The highest BCUT2D eigenvalue weighted by Crippen LogP contribution is 1.99. The zero-order valence-electron chi connectivity index (χ0n) is 8.89. The third kappa shape index (κ3) is 6.13. The average molecular weight is 186 g/mol. The number of nitrogens with one attached hydrogen (secondary N) is 2. The largest absolute Gasteiger partial charge is 0.350 e. The predicted molar refractivity (Wildman–Crippen MR) is 51.2 cm³/mol. The zero-order chi connectivity index (χ0) is 10.6. The molecule has 0 aliphatic rings. The third-order valence-electron chi connectivity index (χ3n) is 1.31. The lowest BCUT2D eigenvalue weighted by molar-refractivity contribution is -0.128. The Hall–Kier alpha value is -1.06. The molecule has 0 saturated carbocycles. The summed E-state index contributed by atoms with van der Waals surface area (Å²) in [4.78, 5) is 22.0. The van der Waals surface area contributed by atoms with Gasteiger partial charge in [0.05, 0.1) is 0 Å². The lowest BCUT2D eigenvalue weighted by Crippen LogP contribution is -2.50. The molecule has 0 aromatic heterocycles. The fourth-order valence-corrected chi connectivity index (χ4v) is 0.848. The fourth-order valence-electron chi connectivity index (χ4n) is 0.848. The Balaban J connectivity index is 4.05. The van der Waals surface area contributed by atoms with E-state index in [1.807, 2.05) is 20.8 Å². The number of rotatable bonds is 2. The second-order valence-corrected chi connectivity index (χ2v) is 4.16. The van der Waals surface area contributed by atoms with Gasteiger partial charge in [-0.1, -0.05) is 0 Å². The molecule has 0 aromatic carbocycles. The van der Waals surface area contributed by atoms with Crippen molar-refractivity contribution in [2.75, 3.05) is 0 Å². The Morgan fingerprint density at radius 3 is 2.00 bits per heavy atom. The van der Waals surface area contributed by atoms with E-state index in [0.29, 0.717) is 0 Å². The van der Waals surface area contributed by atoms with Crippen molar-refractivity contribution in [3.63, 3.8) is 0 Å². The van der Waals surface area contributed by atoms with Crippen molar-refractivity contribution in [2.24, 2.45) is 0 Å². The first kappa shape index (κ1) is 11.9. The van der Waals surface area contributed by atoms with Crippen molar-refractivity contribution < 1.29 is 9.59 Å². The molecule has 0 radical (unpaired) electrons. The molecular formula is C9H18N2O2. The summed E-state index contributed by atoms with van der Waals surface area (Å²) in [5.74, 6) is -0.362. The van der Waals surface area contributed by atoms with Gasteiger partial charge in [0.1, 0.15) is 6.04 Å². The molecule has 2 N–H and O–H groups in total. The lowest BCUT2D eigenvalue weighted by Gasteiger charge is -2.23. The fraction of sp³-hybridized carbons (Fsp3) is 0.778. The van der Waals surface area contributed by atoms with Crippen molar-refractivity contribution in [2.45, 2.75) is 46.2 Å². The zero-order valence-corrected chi connectivity index (χ0v) is 8.89. The first-order valence-corrected chi connectivity index (χ1v) is 4.31. The average Bonchev–Trinajstić information content (AvgIpc) is 1.81. The van der Waals surface area contributed by atoms with Gasteiger partial charge in [0, 0.05) is 12.5 Å². The van der Waals surface area contributed by atoms with Crippen LogP contribution in [-0.4, -0.2) is 23.4 Å². The van der Waals surface area contributed by atoms with Crippen LogP contribution in [0.5, 0.6) is 0 Å². The molecule has 13 heavy (non-hydrogen) atoms. The summed E-state index contributed by atoms with van der Waals surface area (Å²) < 4.78 is 0. The summed E-state index contributed by atoms with van der Waals surface area (Å²) in [6.07, 6.45) is 0. The molecule has 0 bridgehead atoms. The molecule has 0 saturated heterocycles. The lowest BCUT2D eigenvalue weighted by atomic mass is 10.1. The molecule has 0 rings (SSSR count). The van der Waals surface area contributed by atoms with E-state index in [1.165, 1.54) is 6.92 Å². The van der Waals surface area contributed by atoms with E-state index in [4.69, 9.17) is 0 Å². The molecule has 0 spiro atoms. The van der Waals surface area contributed by atoms with Gasteiger partial charge in [0.25, 0.3) is 0 Å². The number of hydrogen-bond acceptors (Lipinski definition) is 2. The Morgan fingerprint density at radius 1 is 1.23 bits per heavy atom. The van der Waals surface area contributed by atoms with Crippen LogP contribution in [-0.2, 0) is 9.59 Å². The third-order valence-corrected chi connectivity index (χ3v) is 1.31. The molecule has 0 fully saturated rings. The summed E-state index contributed by atoms with van der Waals surface area (Å²) in [6.45, 7) is 8.73. The van der Waals surface area contributed by atoms with Gasteiger partial charge < -0.3 is 10.6 Å². The van der Waals surface area contributed by atoms with E-state index in [0.717, 1.165) is 0 Å². The summed E-state index contributed by atoms with van der Waals surface area (Å²) in [7, 11) is 0. The van der Waals surface area contributed by atoms with Crippen molar-refractivity contribution in [3.8, 4) is 0 Å². The summed E-state index contributed by atoms with van der Waals surface area (Å²) >= 11 is 0. The Labute approximate surface area is 79.1 Å². The van der Waals surface area contributed by atoms with Crippen molar-refractivity contribution in [1.82, 2.24) is 10.6 Å². The molecule has 76 valence electrons. The minimum absolute atomic E-state index is 0.164. The van der Waals surface area contributed by atoms with Gasteiger partial charge in [-0.15, -0.1) is 0 Å². The minimum Gasteiger partial charge on any atom is -0.350 e. The summed E-state index contributed by atoms with van der Waals surface area (Å²) in [5.41, 5.74) is -0.260. The number of hydrogen-bond donors (Lipinski definition) is 2. The molecule has 0 heterocycles. The van der Waals surface area contributed by atoms with Crippen molar-refractivity contribution in [3.05, 3.63) is 0 Å². The summed E-state index contributed by atoms with van der Waals surface area (Å²) in [5, 5.41) is 5.28. The van der Waals surface area contributed by atoms with Crippen LogP contribution in [0.3, 0.4) is 0 Å². The van der Waals surface area contributed by atoms with Crippen LogP contribution in [0.1, 0.15) is 34.6 Å². The Kier molecular flexibility index (Phi) is 3.91. The van der Waals surface area contributed by atoms with Gasteiger partial charge in [0.15, 0.2) is 0 Å². The topological polar surface area (TPSA) is 58.2 Å². The molecule has 4 nitrogen and oxygen atoms in total. The van der Waals surface area contributed by atoms with Crippen LogP contribution in [0, 0.1) is 0 Å². The van der Waals surface area contributed by atoms with Crippen LogP contribution >= 0.6 is 0 Å². The molecule has 2 amide bonds. The van der Waals surface area contributed by atoms with E-state index in [1.54, 1.807) is 6.92 Å². The van der Waals surface area contributed by atoms with Crippen LogP contribution < -0.4 is 10.6 Å². The summed E-state index contributed by atoms with van der Waals surface area (Å²) in [6, 6.07) is -0.475. The van der Waals surface area contributed by atoms with E-state index in [9.17, 15) is 9.59 Å². The maximum Gasteiger partial charge on any atom is 0.242 e. The van der Waals surface area contributed by atoms with Crippen LogP contribution in [0.15, 0.2) is 0 Å². The van der Waals surface area contributed by atoms with E-state index >= 15 is 0 Å². The normalized spacial score (nSPS) is 13.3. The number of carbonyl (C=O) groups is 2. The van der Waals surface area contributed by atoms with Crippen molar-refractivity contribution in [1.29, 1.82) is 0 Å². The second-order valence-electron chi connectivity index (χ2n) is 4.16. The van der Waals surface area contributed by atoms with Gasteiger partial charge in [-0.25, -0.2) is 0 Å². The predicted octanol–water partition coefficient (Wildman–Crippen LogP) is 0.426. The first-order valence-electron chi connectivity index (χ1n) is 4.31. The number of amides is 2. The van der Waals surface area contributed by atoms with E-state index in [-0.39, 0.29) is 17.4 Å². The maximum absolute atomic E-state index is 11.4. The molecule has 4 heteroatoms. The quantitative estimate of drug-likeness (QED) is 0.657. The van der Waals surface area contributed by atoms with Crippen LogP contribution in [0.25, 0.3) is 0 Å². The maximum atomic E-state index is 11.4. The van der Waals surface area contributed by atoms with Gasteiger partial charge >= 0.3 is 0 Å². The van der Waals surface area contributed by atoms with Crippen LogP contribution in [0.4, 0.5) is 0 Å². The highest BCUT2D eigenvalue weighted by molar-refractivity contribution is 5.86. The van der Waals surface area contributed by atoms with Gasteiger partial charge in [-0.05, 0) is 27.7 Å². The van der Waals surface area contributed by atoms with Gasteiger partial charge in [0.2, 0.25) is 11.8 Å². The van der Waals surface area contributed by atoms with Gasteiger partial charge in [-0.2, -0.15) is 0 Å². The second kappa shape index (κ2) is 4.25. The smallest absolute Gasteiger partial charge is 0.242 e. The Morgan fingerprint density at radius 2 is 1.69 bits per heavy atom. The van der Waals surface area contributed by atoms with Crippen LogP contribution in [0.2, 0.25) is 0 Å². The minimum atomic E-state index is -0.475. The SMILES string of the molecule is CC(=O)NC(C)C(=O)NC(C)(C)C. The van der Waals surface area contributed by atoms with Crippen molar-refractivity contribution >= 4 is 11.8 Å².